The number of thiophene rings is 1. The maximum Gasteiger partial charge on any atom is 0.285 e. The number of amidine groups is 1. The molecule has 0 spiro atoms. The van der Waals surface area contributed by atoms with E-state index in [1.165, 1.54) is 12.1 Å². The number of hydrogen-bond acceptors (Lipinski definition) is 5. The van der Waals surface area contributed by atoms with Crippen molar-refractivity contribution in [2.24, 2.45) is 10.3 Å². The van der Waals surface area contributed by atoms with Crippen LogP contribution in [0.5, 0.6) is 0 Å². The largest absolute Gasteiger partial charge is 0.355 e. The number of amides is 1. The van der Waals surface area contributed by atoms with E-state index in [1.54, 1.807) is 52.6 Å². The summed E-state index contributed by atoms with van der Waals surface area (Å²) in [5.74, 6) is -0.0928. The van der Waals surface area contributed by atoms with E-state index in [-0.39, 0.29) is 22.5 Å². The molecule has 1 amide bonds. The average molecular weight is 484 g/mol. The lowest BCUT2D eigenvalue weighted by Gasteiger charge is -2.35. The SMILES string of the molecule is O=C(C1CCN(C2=NS(=O)(=O)c3ccccc32)CC1)N(Cc1cccs1)c1ccc(F)cc1. The van der Waals surface area contributed by atoms with Gasteiger partial charge in [0.25, 0.3) is 10.0 Å². The Morgan fingerprint density at radius 3 is 2.48 bits per heavy atom. The predicted molar refractivity (Wildman–Crippen MR) is 126 cm³/mol. The lowest BCUT2D eigenvalue weighted by molar-refractivity contribution is -0.123. The molecule has 2 aromatic carbocycles. The number of nitrogens with zero attached hydrogens (tertiary/aromatic N) is 3. The lowest BCUT2D eigenvalue weighted by atomic mass is 9.94. The van der Waals surface area contributed by atoms with E-state index in [0.29, 0.717) is 49.6 Å². The molecule has 0 radical (unpaired) electrons. The summed E-state index contributed by atoms with van der Waals surface area (Å²) in [6.07, 6.45) is 1.17. The highest BCUT2D eigenvalue weighted by atomic mass is 32.2. The van der Waals surface area contributed by atoms with Crippen LogP contribution in [-0.4, -0.2) is 38.2 Å². The number of anilines is 1. The highest BCUT2D eigenvalue weighted by Crippen LogP contribution is 2.31. The minimum Gasteiger partial charge on any atom is -0.355 e. The first-order valence-corrected chi connectivity index (χ1v) is 13.0. The van der Waals surface area contributed by atoms with Gasteiger partial charge in [-0.1, -0.05) is 18.2 Å². The molecule has 1 saturated heterocycles. The van der Waals surface area contributed by atoms with Gasteiger partial charge < -0.3 is 9.80 Å². The molecule has 170 valence electrons. The maximum absolute atomic E-state index is 13.5. The zero-order valence-electron chi connectivity index (χ0n) is 17.7. The van der Waals surface area contributed by atoms with Crippen molar-refractivity contribution in [2.45, 2.75) is 24.3 Å². The van der Waals surface area contributed by atoms with Crippen LogP contribution in [0.2, 0.25) is 0 Å². The van der Waals surface area contributed by atoms with Crippen LogP contribution in [-0.2, 0) is 21.4 Å². The topological polar surface area (TPSA) is 70.0 Å². The summed E-state index contributed by atoms with van der Waals surface area (Å²) in [5.41, 5.74) is 1.28. The molecule has 0 unspecified atom stereocenters. The second-order valence-electron chi connectivity index (χ2n) is 8.13. The molecule has 0 aliphatic carbocycles. The minimum absolute atomic E-state index is 0.00367. The highest BCUT2D eigenvalue weighted by Gasteiger charge is 2.35. The first kappa shape index (κ1) is 21.8. The summed E-state index contributed by atoms with van der Waals surface area (Å²) in [7, 11) is -3.67. The summed E-state index contributed by atoms with van der Waals surface area (Å²) in [6, 6.07) is 16.7. The van der Waals surface area contributed by atoms with Crippen LogP contribution >= 0.6 is 11.3 Å². The third-order valence-electron chi connectivity index (χ3n) is 6.05. The third kappa shape index (κ3) is 4.30. The summed E-state index contributed by atoms with van der Waals surface area (Å²) in [4.78, 5) is 18.5. The Balaban J connectivity index is 1.33. The van der Waals surface area contributed by atoms with Gasteiger partial charge in [-0.05, 0) is 60.7 Å². The van der Waals surface area contributed by atoms with Crippen molar-refractivity contribution in [3.63, 3.8) is 0 Å². The van der Waals surface area contributed by atoms with Gasteiger partial charge in [-0.2, -0.15) is 8.42 Å². The van der Waals surface area contributed by atoms with E-state index < -0.39 is 10.0 Å². The second kappa shape index (κ2) is 8.72. The van der Waals surface area contributed by atoms with E-state index in [2.05, 4.69) is 4.40 Å². The van der Waals surface area contributed by atoms with Gasteiger partial charge in [-0.3, -0.25) is 4.79 Å². The van der Waals surface area contributed by atoms with Crippen LogP contribution in [0.15, 0.2) is 75.3 Å². The second-order valence-corrected chi connectivity index (χ2v) is 10.7. The highest BCUT2D eigenvalue weighted by molar-refractivity contribution is 7.90. The molecule has 0 saturated carbocycles. The summed E-state index contributed by atoms with van der Waals surface area (Å²) >= 11 is 1.57. The van der Waals surface area contributed by atoms with Crippen molar-refractivity contribution in [1.29, 1.82) is 0 Å². The fraction of sp³-hybridized carbons (Fsp3) is 0.250. The number of hydrogen-bond donors (Lipinski definition) is 0. The van der Waals surface area contributed by atoms with Crippen molar-refractivity contribution in [1.82, 2.24) is 4.90 Å². The number of benzene rings is 2. The summed E-state index contributed by atoms with van der Waals surface area (Å²) in [6.45, 7) is 1.51. The molecular formula is C24H22FN3O3S2. The molecule has 5 rings (SSSR count). The van der Waals surface area contributed by atoms with Crippen LogP contribution in [0.25, 0.3) is 0 Å². The fourth-order valence-electron chi connectivity index (χ4n) is 4.35. The molecule has 3 aromatic rings. The predicted octanol–water partition coefficient (Wildman–Crippen LogP) is 4.28. The Kier molecular flexibility index (Phi) is 5.76. The van der Waals surface area contributed by atoms with Gasteiger partial charge in [0, 0.05) is 35.1 Å². The zero-order valence-corrected chi connectivity index (χ0v) is 19.4. The van der Waals surface area contributed by atoms with Gasteiger partial charge in [-0.25, -0.2) is 4.39 Å². The van der Waals surface area contributed by atoms with E-state index in [0.717, 1.165) is 4.88 Å². The van der Waals surface area contributed by atoms with Gasteiger partial charge in [0.15, 0.2) is 5.84 Å². The van der Waals surface area contributed by atoms with Gasteiger partial charge >= 0.3 is 0 Å². The average Bonchev–Trinajstić information content (AvgIpc) is 3.44. The Morgan fingerprint density at radius 1 is 1.06 bits per heavy atom. The lowest BCUT2D eigenvalue weighted by Crippen LogP contribution is -2.44. The molecule has 1 fully saturated rings. The molecule has 2 aliphatic rings. The molecule has 0 atom stereocenters. The molecule has 3 heterocycles. The Labute approximate surface area is 196 Å². The van der Waals surface area contributed by atoms with Gasteiger partial charge in [0.2, 0.25) is 5.91 Å². The Morgan fingerprint density at radius 2 is 1.79 bits per heavy atom. The van der Waals surface area contributed by atoms with Crippen molar-refractivity contribution < 1.29 is 17.6 Å². The number of rotatable bonds is 4. The molecule has 0 N–H and O–H groups in total. The van der Waals surface area contributed by atoms with Crippen molar-refractivity contribution >= 4 is 38.8 Å². The number of sulfonamides is 1. The van der Waals surface area contributed by atoms with E-state index in [9.17, 15) is 17.6 Å². The molecule has 9 heteroatoms. The van der Waals surface area contributed by atoms with Crippen molar-refractivity contribution in [3.05, 3.63) is 82.3 Å². The van der Waals surface area contributed by atoms with Crippen LogP contribution in [0.4, 0.5) is 10.1 Å². The number of piperidine rings is 1. The molecule has 0 bridgehead atoms. The Hall–Kier alpha value is -3.04. The zero-order chi connectivity index (χ0) is 23.0. The number of halogens is 1. The van der Waals surface area contributed by atoms with Crippen LogP contribution in [0.1, 0.15) is 23.3 Å². The van der Waals surface area contributed by atoms with E-state index in [4.69, 9.17) is 0 Å². The molecular weight excluding hydrogens is 461 g/mol. The molecule has 6 nitrogen and oxygen atoms in total. The third-order valence-corrected chi connectivity index (χ3v) is 8.24. The minimum atomic E-state index is -3.67. The van der Waals surface area contributed by atoms with Crippen LogP contribution in [0.3, 0.4) is 0 Å². The molecule has 2 aliphatic heterocycles. The standard InChI is InChI=1S/C24H22FN3O3S2/c25-18-7-9-19(10-8-18)28(16-20-4-3-15-32-20)24(29)17-11-13-27(14-12-17)23-21-5-1-2-6-22(21)33(30,31)26-23/h1-10,15,17H,11-14,16H2. The first-order valence-electron chi connectivity index (χ1n) is 10.7. The van der Waals surface area contributed by atoms with E-state index >= 15 is 0 Å². The van der Waals surface area contributed by atoms with Gasteiger partial charge in [0.05, 0.1) is 6.54 Å². The van der Waals surface area contributed by atoms with E-state index in [1.807, 2.05) is 22.4 Å². The quantitative estimate of drug-likeness (QED) is 0.555. The number of carbonyl (C=O) groups is 1. The number of likely N-dealkylation sites (tertiary alicyclic amines) is 1. The smallest absolute Gasteiger partial charge is 0.285 e. The maximum atomic E-state index is 13.5. The number of fused-ring (bicyclic) bond motifs is 1. The monoisotopic (exact) mass is 483 g/mol. The number of carbonyl (C=O) groups excluding carboxylic acids is 1. The van der Waals surface area contributed by atoms with Crippen LogP contribution < -0.4 is 4.90 Å². The first-order chi connectivity index (χ1) is 15.9. The Bertz CT molecular complexity index is 1300. The summed E-state index contributed by atoms with van der Waals surface area (Å²) in [5, 5.41) is 1.97. The van der Waals surface area contributed by atoms with Gasteiger partial charge in [-0.15, -0.1) is 15.7 Å². The van der Waals surface area contributed by atoms with Crippen LogP contribution in [0, 0.1) is 11.7 Å². The normalized spacial score (nSPS) is 17.5. The van der Waals surface area contributed by atoms with Crippen molar-refractivity contribution in [2.75, 3.05) is 18.0 Å². The summed E-state index contributed by atoms with van der Waals surface area (Å²) < 4.78 is 42.3. The molecule has 1 aromatic heterocycles. The fourth-order valence-corrected chi connectivity index (χ4v) is 6.27. The van der Waals surface area contributed by atoms with Gasteiger partial charge in [0.1, 0.15) is 10.7 Å². The van der Waals surface area contributed by atoms with Crippen molar-refractivity contribution in [3.8, 4) is 0 Å². The molecule has 33 heavy (non-hydrogen) atoms.